The molecule has 0 saturated heterocycles. The van der Waals surface area contributed by atoms with Crippen LogP contribution in [0.2, 0.25) is 0 Å². The Bertz CT molecular complexity index is 542. The standard InChI is InChI=1S/C12H11NO3/c1-2-16-12(15)10-7-9(8-14)13-6-4-3-5-11(10)13/h3-8H,2H2,1H3. The minimum Gasteiger partial charge on any atom is -0.462 e. The summed E-state index contributed by atoms with van der Waals surface area (Å²) in [6.07, 6.45) is 2.46. The van der Waals surface area contributed by atoms with Crippen LogP contribution in [0.25, 0.3) is 5.52 Å². The number of nitrogens with zero attached hydrogens (tertiary/aromatic N) is 1. The molecule has 0 aliphatic heterocycles. The summed E-state index contributed by atoms with van der Waals surface area (Å²) >= 11 is 0. The van der Waals surface area contributed by atoms with Gasteiger partial charge in [-0.3, -0.25) is 4.79 Å². The highest BCUT2D eigenvalue weighted by molar-refractivity contribution is 5.99. The normalized spacial score (nSPS) is 10.3. The van der Waals surface area contributed by atoms with E-state index in [2.05, 4.69) is 0 Å². The lowest BCUT2D eigenvalue weighted by atomic mass is 10.2. The third-order valence-corrected chi connectivity index (χ3v) is 2.32. The molecule has 0 aliphatic rings. The van der Waals surface area contributed by atoms with Crippen LogP contribution in [0.5, 0.6) is 0 Å². The minimum atomic E-state index is -0.403. The first-order valence-electron chi connectivity index (χ1n) is 5.00. The van der Waals surface area contributed by atoms with Gasteiger partial charge < -0.3 is 9.14 Å². The van der Waals surface area contributed by atoms with E-state index in [0.29, 0.717) is 23.4 Å². The van der Waals surface area contributed by atoms with Crippen LogP contribution in [0.15, 0.2) is 30.5 Å². The lowest BCUT2D eigenvalue weighted by Crippen LogP contribution is -2.03. The lowest BCUT2D eigenvalue weighted by molar-refractivity contribution is 0.0529. The summed E-state index contributed by atoms with van der Waals surface area (Å²) in [5, 5.41) is 0. The van der Waals surface area contributed by atoms with Gasteiger partial charge >= 0.3 is 5.97 Å². The van der Waals surface area contributed by atoms with Crippen LogP contribution in [-0.2, 0) is 4.74 Å². The van der Waals surface area contributed by atoms with Gasteiger partial charge in [-0.2, -0.15) is 0 Å². The quantitative estimate of drug-likeness (QED) is 0.583. The van der Waals surface area contributed by atoms with Crippen molar-refractivity contribution in [3.63, 3.8) is 0 Å². The van der Waals surface area contributed by atoms with Gasteiger partial charge in [0.2, 0.25) is 0 Å². The van der Waals surface area contributed by atoms with Crippen LogP contribution in [0, 0.1) is 0 Å². The first-order chi connectivity index (χ1) is 7.77. The van der Waals surface area contributed by atoms with Crippen LogP contribution < -0.4 is 0 Å². The summed E-state index contributed by atoms with van der Waals surface area (Å²) in [5.74, 6) is -0.403. The number of carbonyl (C=O) groups excluding carboxylic acids is 2. The topological polar surface area (TPSA) is 47.8 Å². The Morgan fingerprint density at radius 2 is 2.31 bits per heavy atom. The average molecular weight is 217 g/mol. The van der Waals surface area contributed by atoms with Crippen LogP contribution in [0.1, 0.15) is 27.8 Å². The van der Waals surface area contributed by atoms with Crippen molar-refractivity contribution in [1.82, 2.24) is 4.40 Å². The molecule has 0 bridgehead atoms. The van der Waals surface area contributed by atoms with Crippen molar-refractivity contribution in [2.75, 3.05) is 6.61 Å². The summed E-state index contributed by atoms with van der Waals surface area (Å²) in [6, 6.07) is 6.93. The molecule has 4 heteroatoms. The van der Waals surface area contributed by atoms with Gasteiger partial charge in [-0.05, 0) is 25.1 Å². The number of pyridine rings is 1. The van der Waals surface area contributed by atoms with E-state index >= 15 is 0 Å². The van der Waals surface area contributed by atoms with Crippen molar-refractivity contribution in [2.45, 2.75) is 6.92 Å². The Morgan fingerprint density at radius 3 is 3.00 bits per heavy atom. The fraction of sp³-hybridized carbons (Fsp3) is 0.167. The molecule has 0 fully saturated rings. The van der Waals surface area contributed by atoms with E-state index in [4.69, 9.17) is 4.74 Å². The Morgan fingerprint density at radius 1 is 1.50 bits per heavy atom. The maximum absolute atomic E-state index is 11.6. The maximum atomic E-state index is 11.6. The summed E-state index contributed by atoms with van der Waals surface area (Å²) in [7, 11) is 0. The molecule has 0 unspecified atom stereocenters. The minimum absolute atomic E-state index is 0.319. The second-order valence-electron chi connectivity index (χ2n) is 3.28. The molecule has 2 rings (SSSR count). The average Bonchev–Trinajstić information content (AvgIpc) is 2.68. The van der Waals surface area contributed by atoms with Gasteiger partial charge in [-0.25, -0.2) is 4.79 Å². The Hall–Kier alpha value is -2.10. The predicted octanol–water partition coefficient (Wildman–Crippen LogP) is 1.93. The van der Waals surface area contributed by atoms with Gasteiger partial charge in [0, 0.05) is 6.20 Å². The molecule has 0 aliphatic carbocycles. The van der Waals surface area contributed by atoms with E-state index < -0.39 is 5.97 Å². The Kier molecular flexibility index (Phi) is 2.72. The second kappa shape index (κ2) is 4.18. The van der Waals surface area contributed by atoms with Crippen molar-refractivity contribution in [3.05, 3.63) is 41.7 Å². The largest absolute Gasteiger partial charge is 0.462 e. The van der Waals surface area contributed by atoms with E-state index in [9.17, 15) is 9.59 Å². The maximum Gasteiger partial charge on any atom is 0.340 e. The van der Waals surface area contributed by atoms with Gasteiger partial charge in [0.1, 0.15) is 0 Å². The number of hydrogen-bond donors (Lipinski definition) is 0. The third-order valence-electron chi connectivity index (χ3n) is 2.32. The molecule has 4 nitrogen and oxygen atoms in total. The zero-order valence-electron chi connectivity index (χ0n) is 8.84. The fourth-order valence-electron chi connectivity index (χ4n) is 1.64. The molecular formula is C12H11NO3. The highest BCUT2D eigenvalue weighted by Gasteiger charge is 2.15. The zero-order valence-corrected chi connectivity index (χ0v) is 8.84. The monoisotopic (exact) mass is 217 g/mol. The molecule has 0 aromatic carbocycles. The highest BCUT2D eigenvalue weighted by Crippen LogP contribution is 2.16. The smallest absolute Gasteiger partial charge is 0.340 e. The SMILES string of the molecule is CCOC(=O)c1cc(C=O)n2ccccc12. The number of aldehydes is 1. The van der Waals surface area contributed by atoms with Crippen LogP contribution >= 0.6 is 0 Å². The number of ether oxygens (including phenoxy) is 1. The number of hydrogen-bond acceptors (Lipinski definition) is 3. The van der Waals surface area contributed by atoms with Crippen LogP contribution in [0.3, 0.4) is 0 Å². The molecule has 2 aromatic heterocycles. The van der Waals surface area contributed by atoms with Gasteiger partial charge in [0.15, 0.2) is 6.29 Å². The molecular weight excluding hydrogens is 206 g/mol. The van der Waals surface area contributed by atoms with E-state index in [1.165, 1.54) is 0 Å². The molecule has 16 heavy (non-hydrogen) atoms. The van der Waals surface area contributed by atoms with Crippen LogP contribution in [-0.4, -0.2) is 23.3 Å². The van der Waals surface area contributed by atoms with Gasteiger partial charge in [0.25, 0.3) is 0 Å². The van der Waals surface area contributed by atoms with Crippen molar-refractivity contribution in [2.24, 2.45) is 0 Å². The fourth-order valence-corrected chi connectivity index (χ4v) is 1.64. The summed E-state index contributed by atoms with van der Waals surface area (Å²) < 4.78 is 6.59. The molecule has 82 valence electrons. The van der Waals surface area contributed by atoms with Gasteiger partial charge in [-0.15, -0.1) is 0 Å². The van der Waals surface area contributed by atoms with Crippen molar-refractivity contribution in [3.8, 4) is 0 Å². The zero-order chi connectivity index (χ0) is 11.5. The van der Waals surface area contributed by atoms with Crippen molar-refractivity contribution < 1.29 is 14.3 Å². The number of fused-ring (bicyclic) bond motifs is 1. The van der Waals surface area contributed by atoms with Gasteiger partial charge in [-0.1, -0.05) is 6.07 Å². The van der Waals surface area contributed by atoms with Crippen molar-refractivity contribution >= 4 is 17.8 Å². The van der Waals surface area contributed by atoms with Crippen molar-refractivity contribution in [1.29, 1.82) is 0 Å². The second-order valence-corrected chi connectivity index (χ2v) is 3.28. The molecule has 0 spiro atoms. The van der Waals surface area contributed by atoms with E-state index in [-0.39, 0.29) is 0 Å². The molecule has 0 amide bonds. The molecule has 0 saturated carbocycles. The molecule has 0 atom stereocenters. The summed E-state index contributed by atoms with van der Waals surface area (Å²) in [4.78, 5) is 22.5. The summed E-state index contributed by atoms with van der Waals surface area (Å²) in [6.45, 7) is 2.07. The van der Waals surface area contributed by atoms with Crippen LogP contribution in [0.4, 0.5) is 0 Å². The third kappa shape index (κ3) is 1.58. The molecule has 2 aromatic rings. The number of rotatable bonds is 3. The van der Waals surface area contributed by atoms with E-state index in [1.807, 2.05) is 6.07 Å². The first kappa shape index (κ1) is 10.4. The lowest BCUT2D eigenvalue weighted by Gasteiger charge is -2.00. The number of aromatic nitrogens is 1. The predicted molar refractivity (Wildman–Crippen MR) is 58.7 cm³/mol. The molecule has 2 heterocycles. The molecule has 0 N–H and O–H groups in total. The Balaban J connectivity index is 2.61. The van der Waals surface area contributed by atoms with Gasteiger partial charge in [0.05, 0.1) is 23.4 Å². The highest BCUT2D eigenvalue weighted by atomic mass is 16.5. The first-order valence-corrected chi connectivity index (χ1v) is 5.00. The van der Waals surface area contributed by atoms with E-state index in [0.717, 1.165) is 6.29 Å². The summed E-state index contributed by atoms with van der Waals surface area (Å²) in [5.41, 5.74) is 1.55. The number of esters is 1. The number of carbonyl (C=O) groups is 2. The van der Waals surface area contributed by atoms with E-state index in [1.54, 1.807) is 35.7 Å². The molecule has 0 radical (unpaired) electrons. The Labute approximate surface area is 92.4 Å².